The summed E-state index contributed by atoms with van der Waals surface area (Å²) in [5.74, 6) is -0.659. The molecule has 2 rings (SSSR count). The van der Waals surface area contributed by atoms with Gasteiger partial charge in [0, 0.05) is 23.5 Å². The van der Waals surface area contributed by atoms with Crippen LogP contribution in [-0.4, -0.2) is 15.9 Å². The summed E-state index contributed by atoms with van der Waals surface area (Å²) >= 11 is 0. The summed E-state index contributed by atoms with van der Waals surface area (Å²) in [6.45, 7) is 0. The molecule has 0 radical (unpaired) electrons. The molecule has 6 heteroatoms. The maximum atomic E-state index is 10.8. The van der Waals surface area contributed by atoms with Crippen LogP contribution in [0.2, 0.25) is 0 Å². The van der Waals surface area contributed by atoms with E-state index in [9.17, 15) is 4.79 Å². The Bertz CT molecular complexity index is 467. The Morgan fingerprint density at radius 2 is 1.82 bits per heavy atom. The van der Waals surface area contributed by atoms with Gasteiger partial charge in [-0.05, 0) is 34.9 Å². The lowest BCUT2D eigenvalue weighted by Crippen LogP contribution is -1.95. The van der Waals surface area contributed by atoms with Crippen LogP contribution < -0.4 is 0 Å². The van der Waals surface area contributed by atoms with Crippen LogP contribution in [0.5, 0.6) is 0 Å². The van der Waals surface area contributed by atoms with Gasteiger partial charge in [-0.15, -0.1) is 0 Å². The maximum Gasteiger partial charge on any atom is 0.267 e. The van der Waals surface area contributed by atoms with Gasteiger partial charge >= 0.3 is 0 Å². The standard InChI is InChI=1S/C6H4N4O.C5H5N/c7-10-9-6(11)5-3-1-2-4-8-5;1-2-4-6-5-3-1/h1-4H;1-5H. The number of carbonyl (C=O) groups excluding carboxylic acids is 1. The van der Waals surface area contributed by atoms with Gasteiger partial charge in [0.1, 0.15) is 5.69 Å². The molecule has 84 valence electrons. The molecule has 0 N–H and O–H groups in total. The van der Waals surface area contributed by atoms with Crippen LogP contribution in [0.1, 0.15) is 10.5 Å². The smallest absolute Gasteiger partial charge is 0.267 e. The van der Waals surface area contributed by atoms with E-state index in [0.29, 0.717) is 0 Å². The van der Waals surface area contributed by atoms with Gasteiger partial charge in [-0.1, -0.05) is 12.1 Å². The Kier molecular flexibility index (Phi) is 5.49. The summed E-state index contributed by atoms with van der Waals surface area (Å²) in [6.07, 6.45) is 4.96. The number of aromatic nitrogens is 2. The first kappa shape index (κ1) is 12.4. The fourth-order valence-electron chi connectivity index (χ4n) is 0.894. The van der Waals surface area contributed by atoms with E-state index in [1.807, 2.05) is 18.2 Å². The van der Waals surface area contributed by atoms with Crippen molar-refractivity contribution in [1.29, 1.82) is 0 Å². The third-order valence-corrected chi connectivity index (χ3v) is 1.59. The molecule has 1 amide bonds. The van der Waals surface area contributed by atoms with E-state index < -0.39 is 5.91 Å². The van der Waals surface area contributed by atoms with Crippen LogP contribution >= 0.6 is 0 Å². The Balaban J connectivity index is 0.000000202. The predicted octanol–water partition coefficient (Wildman–Crippen LogP) is 2.61. The summed E-state index contributed by atoms with van der Waals surface area (Å²) in [7, 11) is 0. The lowest BCUT2D eigenvalue weighted by molar-refractivity contribution is 0.0995. The monoisotopic (exact) mass is 227 g/mol. The topological polar surface area (TPSA) is 91.6 Å². The molecule has 2 aromatic rings. The minimum atomic E-state index is -0.659. The van der Waals surface area contributed by atoms with Crippen LogP contribution in [0, 0.1) is 0 Å². The first-order chi connectivity index (χ1) is 8.34. The van der Waals surface area contributed by atoms with Gasteiger partial charge in [0.15, 0.2) is 0 Å². The number of hydrogen-bond donors (Lipinski definition) is 0. The Morgan fingerprint density at radius 1 is 1.12 bits per heavy atom. The number of pyridine rings is 2. The molecule has 2 heterocycles. The van der Waals surface area contributed by atoms with Crippen molar-refractivity contribution in [3.05, 3.63) is 71.1 Å². The van der Waals surface area contributed by atoms with Crippen LogP contribution in [0.4, 0.5) is 0 Å². The van der Waals surface area contributed by atoms with E-state index in [4.69, 9.17) is 5.53 Å². The highest BCUT2D eigenvalue weighted by Gasteiger charge is 2.00. The van der Waals surface area contributed by atoms with Crippen LogP contribution in [0.15, 0.2) is 60.1 Å². The molecular formula is C11H9N5O. The van der Waals surface area contributed by atoms with Gasteiger partial charge in [0.25, 0.3) is 5.91 Å². The van der Waals surface area contributed by atoms with Crippen molar-refractivity contribution >= 4 is 5.91 Å². The highest BCUT2D eigenvalue weighted by molar-refractivity contribution is 5.92. The second kappa shape index (κ2) is 7.56. The molecule has 2 aromatic heterocycles. The van der Waals surface area contributed by atoms with Gasteiger partial charge in [-0.2, -0.15) is 0 Å². The molecule has 0 aromatic carbocycles. The molecule has 0 fully saturated rings. The summed E-state index contributed by atoms with van der Waals surface area (Å²) in [5, 5.41) is 2.87. The van der Waals surface area contributed by atoms with Crippen molar-refractivity contribution in [2.45, 2.75) is 0 Å². The number of rotatable bonds is 1. The van der Waals surface area contributed by atoms with Crippen LogP contribution in [-0.2, 0) is 0 Å². The normalized spacial score (nSPS) is 8.24. The Hall–Kier alpha value is -2.72. The third-order valence-electron chi connectivity index (χ3n) is 1.59. The van der Waals surface area contributed by atoms with Crippen LogP contribution in [0.3, 0.4) is 0 Å². The van der Waals surface area contributed by atoms with Crippen molar-refractivity contribution in [1.82, 2.24) is 9.97 Å². The van der Waals surface area contributed by atoms with Gasteiger partial charge in [0.2, 0.25) is 0 Å². The fraction of sp³-hybridized carbons (Fsp3) is 0. The SMILES string of the molecule is [N-]=[N+]=NC(=O)c1ccccn1.c1ccncc1. The largest absolute Gasteiger partial charge is 0.285 e. The minimum absolute atomic E-state index is 0.158. The molecule has 0 unspecified atom stereocenters. The second-order valence-electron chi connectivity index (χ2n) is 2.73. The number of azide groups is 1. The number of hydrogen-bond acceptors (Lipinski definition) is 3. The lowest BCUT2D eigenvalue weighted by atomic mass is 10.3. The van der Waals surface area contributed by atoms with E-state index in [-0.39, 0.29) is 5.69 Å². The summed E-state index contributed by atoms with van der Waals surface area (Å²) < 4.78 is 0. The highest BCUT2D eigenvalue weighted by Crippen LogP contribution is 1.95. The molecule has 0 aliphatic rings. The zero-order valence-electron chi connectivity index (χ0n) is 8.84. The molecule has 0 atom stereocenters. The molecule has 17 heavy (non-hydrogen) atoms. The first-order valence-electron chi connectivity index (χ1n) is 4.70. The predicted molar refractivity (Wildman–Crippen MR) is 62.0 cm³/mol. The molecule has 0 saturated heterocycles. The van der Waals surface area contributed by atoms with Gasteiger partial charge in [-0.3, -0.25) is 14.8 Å². The average molecular weight is 227 g/mol. The molecule has 6 nitrogen and oxygen atoms in total. The number of nitrogens with zero attached hydrogens (tertiary/aromatic N) is 5. The molecule has 0 saturated carbocycles. The van der Waals surface area contributed by atoms with E-state index in [1.54, 1.807) is 24.5 Å². The second-order valence-corrected chi connectivity index (χ2v) is 2.73. The zero-order chi connectivity index (χ0) is 12.3. The first-order valence-corrected chi connectivity index (χ1v) is 4.70. The molecule has 0 spiro atoms. The Labute approximate surface area is 97.6 Å². The van der Waals surface area contributed by atoms with E-state index in [1.165, 1.54) is 12.3 Å². The van der Waals surface area contributed by atoms with Gasteiger partial charge in [0.05, 0.1) is 0 Å². The lowest BCUT2D eigenvalue weighted by Gasteiger charge is -1.88. The van der Waals surface area contributed by atoms with Crippen molar-refractivity contribution in [2.75, 3.05) is 0 Å². The van der Waals surface area contributed by atoms with E-state index in [0.717, 1.165) is 0 Å². The summed E-state index contributed by atoms with van der Waals surface area (Å²) in [6, 6.07) is 10.5. The number of carbonyl (C=O) groups is 1. The third kappa shape index (κ3) is 5.06. The number of amides is 1. The van der Waals surface area contributed by atoms with Gasteiger partial charge in [-0.25, -0.2) is 0 Å². The highest BCUT2D eigenvalue weighted by atomic mass is 16.1. The molecule has 0 aliphatic carbocycles. The van der Waals surface area contributed by atoms with Crippen molar-refractivity contribution in [3.63, 3.8) is 0 Å². The molecular weight excluding hydrogens is 218 g/mol. The summed E-state index contributed by atoms with van der Waals surface area (Å²) in [5.41, 5.74) is 8.07. The maximum absolute atomic E-state index is 10.8. The van der Waals surface area contributed by atoms with Crippen molar-refractivity contribution < 1.29 is 4.79 Å². The Morgan fingerprint density at radius 3 is 2.24 bits per heavy atom. The summed E-state index contributed by atoms with van der Waals surface area (Å²) in [4.78, 5) is 20.6. The van der Waals surface area contributed by atoms with Crippen molar-refractivity contribution in [3.8, 4) is 0 Å². The average Bonchev–Trinajstić information content (AvgIpc) is 2.43. The van der Waals surface area contributed by atoms with E-state index >= 15 is 0 Å². The van der Waals surface area contributed by atoms with E-state index in [2.05, 4.69) is 20.0 Å². The van der Waals surface area contributed by atoms with Crippen LogP contribution in [0.25, 0.3) is 10.4 Å². The quantitative estimate of drug-likeness (QED) is 0.425. The van der Waals surface area contributed by atoms with Crippen molar-refractivity contribution in [2.24, 2.45) is 5.11 Å². The molecule has 0 bridgehead atoms. The minimum Gasteiger partial charge on any atom is -0.285 e. The molecule has 0 aliphatic heterocycles. The van der Waals surface area contributed by atoms with Gasteiger partial charge < -0.3 is 0 Å². The zero-order valence-corrected chi connectivity index (χ0v) is 8.84. The fourth-order valence-corrected chi connectivity index (χ4v) is 0.894.